The number of aryl methyl sites for hydroxylation is 1. The van der Waals surface area contributed by atoms with E-state index in [0.29, 0.717) is 11.1 Å². The Kier molecular flexibility index (Phi) is 6.00. The molecule has 0 aliphatic carbocycles. The number of benzene rings is 1. The van der Waals surface area contributed by atoms with Crippen molar-refractivity contribution in [2.24, 2.45) is 5.14 Å². The summed E-state index contributed by atoms with van der Waals surface area (Å²) in [5.41, 5.74) is 1.64. The summed E-state index contributed by atoms with van der Waals surface area (Å²) in [6, 6.07) is 7.30. The van der Waals surface area contributed by atoms with Crippen molar-refractivity contribution in [3.8, 4) is 0 Å². The number of hydrogen-bond donors (Lipinski definition) is 2. The molecule has 1 aromatic heterocycles. The maximum absolute atomic E-state index is 12.7. The molecule has 8 heteroatoms. The summed E-state index contributed by atoms with van der Waals surface area (Å²) in [6.45, 7) is 6.17. The molecule has 2 aromatic rings. The first-order valence-electron chi connectivity index (χ1n) is 8.93. The number of piperidine rings is 1. The second-order valence-corrected chi connectivity index (χ2v) is 9.65. The van der Waals surface area contributed by atoms with Crippen molar-refractivity contribution < 1.29 is 13.2 Å². The number of hydrogen-bond acceptors (Lipinski definition) is 5. The Labute approximate surface area is 164 Å². The van der Waals surface area contributed by atoms with Gasteiger partial charge in [0.2, 0.25) is 10.0 Å². The van der Waals surface area contributed by atoms with Crippen molar-refractivity contribution in [1.29, 1.82) is 0 Å². The number of primary sulfonamides is 1. The number of sulfonamides is 1. The van der Waals surface area contributed by atoms with Crippen LogP contribution in [0.15, 0.2) is 34.5 Å². The molecule has 0 saturated carbocycles. The normalized spacial score (nSPS) is 18.4. The molecule has 3 rings (SSSR count). The van der Waals surface area contributed by atoms with Gasteiger partial charge in [-0.05, 0) is 67.9 Å². The van der Waals surface area contributed by atoms with E-state index in [4.69, 9.17) is 5.14 Å². The number of amides is 1. The fraction of sp³-hybridized carbons (Fsp3) is 0.421. The summed E-state index contributed by atoms with van der Waals surface area (Å²) in [7, 11) is -3.87. The van der Waals surface area contributed by atoms with Crippen molar-refractivity contribution in [3.63, 3.8) is 0 Å². The lowest BCUT2D eigenvalue weighted by Gasteiger charge is -2.32. The zero-order valence-electron chi connectivity index (χ0n) is 15.6. The van der Waals surface area contributed by atoms with Crippen LogP contribution >= 0.6 is 11.3 Å². The highest BCUT2D eigenvalue weighted by Crippen LogP contribution is 2.21. The van der Waals surface area contributed by atoms with Gasteiger partial charge < -0.3 is 5.32 Å². The molecule has 6 nitrogen and oxygen atoms in total. The first-order valence-corrected chi connectivity index (χ1v) is 11.4. The third kappa shape index (κ3) is 4.95. The molecule has 0 bridgehead atoms. The maximum atomic E-state index is 12.7. The smallest absolute Gasteiger partial charge is 0.251 e. The van der Waals surface area contributed by atoms with Gasteiger partial charge in [0.25, 0.3) is 5.91 Å². The number of nitrogens with two attached hydrogens (primary N) is 1. The summed E-state index contributed by atoms with van der Waals surface area (Å²) in [5.74, 6) is -0.258. The van der Waals surface area contributed by atoms with Crippen LogP contribution in [0.2, 0.25) is 0 Å². The second-order valence-electron chi connectivity index (χ2n) is 7.09. The lowest BCUT2D eigenvalue weighted by Crippen LogP contribution is -2.47. The van der Waals surface area contributed by atoms with Crippen LogP contribution in [0.1, 0.15) is 39.2 Å². The molecule has 1 saturated heterocycles. The molecule has 0 radical (unpaired) electrons. The largest absolute Gasteiger partial charge is 0.348 e. The van der Waals surface area contributed by atoms with Crippen molar-refractivity contribution in [2.45, 2.75) is 44.2 Å². The summed E-state index contributed by atoms with van der Waals surface area (Å²) >= 11 is 1.74. The van der Waals surface area contributed by atoms with E-state index in [2.05, 4.69) is 21.7 Å². The Morgan fingerprint density at radius 3 is 2.81 bits per heavy atom. The maximum Gasteiger partial charge on any atom is 0.251 e. The monoisotopic (exact) mass is 407 g/mol. The van der Waals surface area contributed by atoms with Gasteiger partial charge in [-0.1, -0.05) is 6.07 Å². The first-order chi connectivity index (χ1) is 12.7. The molecule has 2 heterocycles. The highest BCUT2D eigenvalue weighted by molar-refractivity contribution is 7.89. The van der Waals surface area contributed by atoms with Crippen LogP contribution in [0.4, 0.5) is 0 Å². The molecule has 1 aromatic carbocycles. The van der Waals surface area contributed by atoms with Gasteiger partial charge in [-0.2, -0.15) is 0 Å². The lowest BCUT2D eigenvalue weighted by molar-refractivity contribution is 0.0901. The van der Waals surface area contributed by atoms with E-state index >= 15 is 0 Å². The summed E-state index contributed by atoms with van der Waals surface area (Å²) in [5, 5.41) is 10.4. The Morgan fingerprint density at radius 2 is 2.15 bits per heavy atom. The summed E-state index contributed by atoms with van der Waals surface area (Å²) < 4.78 is 23.6. The Hall–Kier alpha value is -1.74. The standard InChI is InChI=1S/C19H25N3O3S2/c1-13-9-15(10-18(14(13)2)27(20,24)25)19(23)21-16-5-3-7-22(11-16)12-17-6-4-8-26-17/h4,6,8-10,16H,3,5,7,11-12H2,1-2H3,(H,21,23)(H2,20,24,25)/t16-/m0/s1. The zero-order valence-corrected chi connectivity index (χ0v) is 17.2. The number of likely N-dealkylation sites (tertiary alicyclic amines) is 1. The van der Waals surface area contributed by atoms with Crippen LogP contribution in [0.5, 0.6) is 0 Å². The zero-order chi connectivity index (χ0) is 19.6. The quantitative estimate of drug-likeness (QED) is 0.796. The third-order valence-electron chi connectivity index (χ3n) is 4.99. The van der Waals surface area contributed by atoms with Gasteiger partial charge in [0.05, 0.1) is 4.90 Å². The van der Waals surface area contributed by atoms with E-state index in [9.17, 15) is 13.2 Å². The van der Waals surface area contributed by atoms with E-state index in [1.165, 1.54) is 10.9 Å². The number of carbonyl (C=O) groups excluding carboxylic acids is 1. The van der Waals surface area contributed by atoms with Crippen LogP contribution in [0, 0.1) is 13.8 Å². The van der Waals surface area contributed by atoms with Crippen molar-refractivity contribution in [2.75, 3.05) is 13.1 Å². The molecule has 1 amide bonds. The van der Waals surface area contributed by atoms with Gasteiger partial charge in [-0.25, -0.2) is 13.6 Å². The second kappa shape index (κ2) is 8.10. The minimum Gasteiger partial charge on any atom is -0.348 e. The highest BCUT2D eigenvalue weighted by atomic mass is 32.2. The molecule has 1 aliphatic rings. The molecule has 1 fully saturated rings. The van der Waals surface area contributed by atoms with Gasteiger partial charge in [-0.15, -0.1) is 11.3 Å². The fourth-order valence-electron chi connectivity index (χ4n) is 3.46. The predicted octanol–water partition coefficient (Wildman–Crippen LogP) is 2.41. The minimum absolute atomic E-state index is 0.00983. The van der Waals surface area contributed by atoms with Crippen LogP contribution in [-0.4, -0.2) is 38.4 Å². The number of carbonyl (C=O) groups is 1. The van der Waals surface area contributed by atoms with E-state index in [1.807, 2.05) is 6.07 Å². The van der Waals surface area contributed by atoms with E-state index in [1.54, 1.807) is 31.3 Å². The molecular formula is C19H25N3O3S2. The Bertz CT molecular complexity index is 924. The average molecular weight is 408 g/mol. The van der Waals surface area contributed by atoms with Crippen LogP contribution < -0.4 is 10.5 Å². The van der Waals surface area contributed by atoms with E-state index < -0.39 is 10.0 Å². The van der Waals surface area contributed by atoms with Crippen molar-refractivity contribution >= 4 is 27.3 Å². The van der Waals surface area contributed by atoms with Crippen LogP contribution in [-0.2, 0) is 16.6 Å². The molecular weight excluding hydrogens is 382 g/mol. The molecule has 1 atom stereocenters. The van der Waals surface area contributed by atoms with Crippen LogP contribution in [0.3, 0.4) is 0 Å². The third-order valence-corrected chi connectivity index (χ3v) is 6.89. The predicted molar refractivity (Wildman–Crippen MR) is 107 cm³/mol. The fourth-order valence-corrected chi connectivity index (χ4v) is 5.09. The van der Waals surface area contributed by atoms with Gasteiger partial charge in [0.1, 0.15) is 0 Å². The van der Waals surface area contributed by atoms with Crippen molar-refractivity contribution in [3.05, 3.63) is 51.2 Å². The lowest BCUT2D eigenvalue weighted by atomic mass is 10.0. The van der Waals surface area contributed by atoms with Gasteiger partial charge in [-0.3, -0.25) is 9.69 Å². The number of rotatable bonds is 5. The van der Waals surface area contributed by atoms with Crippen LogP contribution in [0.25, 0.3) is 0 Å². The molecule has 1 aliphatic heterocycles. The summed E-state index contributed by atoms with van der Waals surface area (Å²) in [4.78, 5) is 16.4. The Balaban J connectivity index is 1.70. The highest BCUT2D eigenvalue weighted by Gasteiger charge is 2.23. The molecule has 146 valence electrons. The summed E-state index contributed by atoms with van der Waals surface area (Å²) in [6.07, 6.45) is 1.94. The molecule has 0 unspecified atom stereocenters. The minimum atomic E-state index is -3.87. The SMILES string of the molecule is Cc1cc(C(=O)N[C@H]2CCCN(Cc3cccs3)C2)cc(S(N)(=O)=O)c1C. The topological polar surface area (TPSA) is 92.5 Å². The molecule has 27 heavy (non-hydrogen) atoms. The first kappa shape index (κ1) is 20.0. The van der Waals surface area contributed by atoms with E-state index in [-0.39, 0.29) is 16.8 Å². The average Bonchev–Trinajstić information content (AvgIpc) is 3.09. The van der Waals surface area contributed by atoms with Gasteiger partial charge in [0, 0.05) is 29.6 Å². The number of nitrogens with zero attached hydrogens (tertiary/aromatic N) is 1. The van der Waals surface area contributed by atoms with Crippen molar-refractivity contribution in [1.82, 2.24) is 10.2 Å². The van der Waals surface area contributed by atoms with Gasteiger partial charge in [0.15, 0.2) is 0 Å². The molecule has 0 spiro atoms. The molecule has 3 N–H and O–H groups in total. The number of nitrogens with one attached hydrogen (secondary N) is 1. The van der Waals surface area contributed by atoms with Gasteiger partial charge >= 0.3 is 0 Å². The Morgan fingerprint density at radius 1 is 1.37 bits per heavy atom. The van der Waals surface area contributed by atoms with E-state index in [0.717, 1.165) is 38.0 Å². The number of thiophene rings is 1.